The topological polar surface area (TPSA) is 84.9 Å². The number of hydrogen-bond donors (Lipinski definition) is 1. The second-order valence-electron chi connectivity index (χ2n) is 7.04. The highest BCUT2D eigenvalue weighted by Gasteiger charge is 2.30. The Morgan fingerprint density at radius 2 is 1.53 bits per heavy atom. The lowest BCUT2D eigenvalue weighted by molar-refractivity contribution is -0.121. The number of rotatable bonds is 6. The van der Waals surface area contributed by atoms with Crippen LogP contribution in [0.25, 0.3) is 0 Å². The molecule has 162 valence electrons. The molecule has 1 fully saturated rings. The number of hydrogen-bond acceptors (Lipinski definition) is 5. The Bertz CT molecular complexity index is 1160. The van der Waals surface area contributed by atoms with Crippen molar-refractivity contribution in [1.29, 1.82) is 0 Å². The molecule has 0 saturated carbocycles. The number of anilines is 2. The monoisotopic (exact) mass is 450 g/mol. The molecule has 0 radical (unpaired) electrons. The molecule has 8 heteroatoms. The number of amides is 3. The summed E-state index contributed by atoms with van der Waals surface area (Å²) >= 11 is 6.12. The zero-order valence-electron chi connectivity index (χ0n) is 17.1. The minimum absolute atomic E-state index is 0.201. The van der Waals surface area contributed by atoms with E-state index in [1.165, 1.54) is 0 Å². The fourth-order valence-electron chi connectivity index (χ4n) is 3.28. The predicted molar refractivity (Wildman–Crippen MR) is 121 cm³/mol. The average molecular weight is 451 g/mol. The minimum atomic E-state index is -0.391. The quantitative estimate of drug-likeness (QED) is 0.531. The number of imide groups is 1. The van der Waals surface area contributed by atoms with E-state index in [1.807, 2.05) is 0 Å². The van der Waals surface area contributed by atoms with E-state index in [-0.39, 0.29) is 24.7 Å². The van der Waals surface area contributed by atoms with Crippen molar-refractivity contribution >= 4 is 40.7 Å². The highest BCUT2D eigenvalue weighted by molar-refractivity contribution is 6.31. The van der Waals surface area contributed by atoms with Gasteiger partial charge < -0.3 is 14.8 Å². The summed E-state index contributed by atoms with van der Waals surface area (Å²) in [4.78, 5) is 37.7. The second-order valence-corrected chi connectivity index (χ2v) is 7.48. The number of methoxy groups -OCH3 is 1. The summed E-state index contributed by atoms with van der Waals surface area (Å²) in [5.41, 5.74) is 1.19. The lowest BCUT2D eigenvalue weighted by atomic mass is 10.1. The molecule has 3 amide bonds. The number of carbonyl (C=O) groups excluding carboxylic acids is 3. The molecule has 32 heavy (non-hydrogen) atoms. The van der Waals surface area contributed by atoms with E-state index in [0.717, 1.165) is 4.90 Å². The predicted octanol–water partition coefficient (Wildman–Crippen LogP) is 5.05. The summed E-state index contributed by atoms with van der Waals surface area (Å²) in [5, 5.41) is 3.23. The van der Waals surface area contributed by atoms with Gasteiger partial charge in [-0.05, 0) is 66.7 Å². The van der Waals surface area contributed by atoms with Crippen LogP contribution in [0.3, 0.4) is 0 Å². The van der Waals surface area contributed by atoms with E-state index in [2.05, 4.69) is 5.32 Å². The van der Waals surface area contributed by atoms with Crippen molar-refractivity contribution in [3.63, 3.8) is 0 Å². The van der Waals surface area contributed by atoms with Crippen LogP contribution >= 0.6 is 11.6 Å². The average Bonchev–Trinajstić information content (AvgIpc) is 3.14. The normalized spacial score (nSPS) is 13.2. The second kappa shape index (κ2) is 9.11. The van der Waals surface area contributed by atoms with Crippen LogP contribution in [0.15, 0.2) is 66.7 Å². The highest BCUT2D eigenvalue weighted by atomic mass is 35.5. The molecule has 3 aromatic rings. The molecule has 1 N–H and O–H groups in total. The van der Waals surface area contributed by atoms with Crippen LogP contribution in [0.2, 0.25) is 5.02 Å². The van der Waals surface area contributed by atoms with Gasteiger partial charge in [-0.25, -0.2) is 0 Å². The van der Waals surface area contributed by atoms with Gasteiger partial charge in [0.1, 0.15) is 11.5 Å². The Balaban J connectivity index is 1.52. The lowest BCUT2D eigenvalue weighted by Crippen LogP contribution is -2.28. The fraction of sp³-hybridized carbons (Fsp3) is 0.125. The minimum Gasteiger partial charge on any atom is -0.497 e. The number of nitrogens with zero attached hydrogens (tertiary/aromatic N) is 1. The van der Waals surface area contributed by atoms with Crippen LogP contribution in [0.1, 0.15) is 23.2 Å². The molecule has 1 saturated heterocycles. The molecule has 4 rings (SSSR count). The van der Waals surface area contributed by atoms with Crippen LogP contribution in [0.5, 0.6) is 17.2 Å². The molecular weight excluding hydrogens is 432 g/mol. The molecule has 1 heterocycles. The Morgan fingerprint density at radius 1 is 0.906 bits per heavy atom. The van der Waals surface area contributed by atoms with Gasteiger partial charge in [0.05, 0.1) is 18.5 Å². The molecule has 0 spiro atoms. The highest BCUT2D eigenvalue weighted by Crippen LogP contribution is 2.33. The van der Waals surface area contributed by atoms with Crippen molar-refractivity contribution in [2.45, 2.75) is 12.8 Å². The van der Waals surface area contributed by atoms with E-state index in [9.17, 15) is 14.4 Å². The molecule has 0 aromatic heterocycles. The van der Waals surface area contributed by atoms with E-state index in [1.54, 1.807) is 73.8 Å². The Kier molecular flexibility index (Phi) is 6.09. The van der Waals surface area contributed by atoms with Gasteiger partial charge in [-0.2, -0.15) is 0 Å². The maximum absolute atomic E-state index is 12.8. The Hall–Kier alpha value is -3.84. The molecular formula is C24H19ClN2O5. The van der Waals surface area contributed by atoms with Gasteiger partial charge in [-0.15, -0.1) is 0 Å². The van der Waals surface area contributed by atoms with Crippen LogP contribution in [0.4, 0.5) is 11.4 Å². The summed E-state index contributed by atoms with van der Waals surface area (Å²) in [6.07, 6.45) is 0.402. The first-order valence-electron chi connectivity index (χ1n) is 9.83. The number of benzene rings is 3. The van der Waals surface area contributed by atoms with Crippen molar-refractivity contribution in [2.75, 3.05) is 17.3 Å². The first-order valence-corrected chi connectivity index (χ1v) is 10.2. The summed E-state index contributed by atoms with van der Waals surface area (Å²) < 4.78 is 11.0. The van der Waals surface area contributed by atoms with Crippen LogP contribution < -0.4 is 19.7 Å². The van der Waals surface area contributed by atoms with Gasteiger partial charge in [0.25, 0.3) is 5.91 Å². The molecule has 0 unspecified atom stereocenters. The Labute approximate surface area is 189 Å². The fourth-order valence-corrected chi connectivity index (χ4v) is 3.45. The lowest BCUT2D eigenvalue weighted by Gasteiger charge is -2.15. The van der Waals surface area contributed by atoms with Crippen molar-refractivity contribution in [3.05, 3.63) is 77.3 Å². The van der Waals surface area contributed by atoms with E-state index in [0.29, 0.717) is 39.2 Å². The number of halogens is 1. The third kappa shape index (κ3) is 4.58. The van der Waals surface area contributed by atoms with Crippen molar-refractivity contribution in [2.24, 2.45) is 0 Å². The van der Waals surface area contributed by atoms with Gasteiger partial charge in [0.2, 0.25) is 11.8 Å². The zero-order valence-corrected chi connectivity index (χ0v) is 17.9. The summed E-state index contributed by atoms with van der Waals surface area (Å²) in [6.45, 7) is 0. The van der Waals surface area contributed by atoms with E-state index in [4.69, 9.17) is 21.1 Å². The first kappa shape index (κ1) is 21.4. The third-order valence-corrected chi connectivity index (χ3v) is 5.15. The van der Waals surface area contributed by atoms with Gasteiger partial charge in [0.15, 0.2) is 5.75 Å². The molecule has 0 atom stereocenters. The number of carbonyl (C=O) groups is 3. The smallest absolute Gasteiger partial charge is 0.255 e. The maximum atomic E-state index is 12.8. The SMILES string of the molecule is COc1ccc(Oc2ccc(Cl)cc2NC(=O)c2ccc(N3C(=O)CCC3=O)cc2)cc1. The van der Waals surface area contributed by atoms with Crippen LogP contribution in [0, 0.1) is 0 Å². The van der Waals surface area contributed by atoms with Crippen LogP contribution in [-0.4, -0.2) is 24.8 Å². The van der Waals surface area contributed by atoms with Crippen molar-refractivity contribution in [3.8, 4) is 17.2 Å². The molecule has 1 aliphatic rings. The number of ether oxygens (including phenoxy) is 2. The van der Waals surface area contributed by atoms with Crippen molar-refractivity contribution in [1.82, 2.24) is 0 Å². The standard InChI is InChI=1S/C24H19ClN2O5/c1-31-18-7-9-19(10-8-18)32-21-11-4-16(25)14-20(21)26-24(30)15-2-5-17(6-3-15)27-22(28)12-13-23(27)29/h2-11,14H,12-13H2,1H3,(H,26,30). The third-order valence-electron chi connectivity index (χ3n) is 4.92. The Morgan fingerprint density at radius 3 is 2.16 bits per heavy atom. The summed E-state index contributed by atoms with van der Waals surface area (Å²) in [7, 11) is 1.58. The molecule has 7 nitrogen and oxygen atoms in total. The molecule has 0 bridgehead atoms. The largest absolute Gasteiger partial charge is 0.497 e. The van der Waals surface area contributed by atoms with E-state index < -0.39 is 5.91 Å². The summed E-state index contributed by atoms with van der Waals surface area (Å²) in [5.74, 6) is 0.795. The maximum Gasteiger partial charge on any atom is 0.255 e. The van der Waals surface area contributed by atoms with Crippen LogP contribution in [-0.2, 0) is 9.59 Å². The first-order chi connectivity index (χ1) is 15.4. The zero-order chi connectivity index (χ0) is 22.7. The molecule has 0 aliphatic carbocycles. The van der Waals surface area contributed by atoms with Gasteiger partial charge in [-0.3, -0.25) is 19.3 Å². The molecule has 3 aromatic carbocycles. The van der Waals surface area contributed by atoms with E-state index >= 15 is 0 Å². The van der Waals surface area contributed by atoms with Gasteiger partial charge in [0, 0.05) is 23.4 Å². The molecule has 1 aliphatic heterocycles. The van der Waals surface area contributed by atoms with Gasteiger partial charge in [-0.1, -0.05) is 11.6 Å². The van der Waals surface area contributed by atoms with Crippen molar-refractivity contribution < 1.29 is 23.9 Å². The summed E-state index contributed by atoms with van der Waals surface area (Å²) in [6, 6.07) is 18.2. The number of nitrogens with one attached hydrogen (secondary N) is 1. The van der Waals surface area contributed by atoms with Gasteiger partial charge >= 0.3 is 0 Å².